The minimum Gasteiger partial charge on any atom is -0.458 e. The first-order chi connectivity index (χ1) is 51.6. The topological polar surface area (TPSA) is 15.7 Å². The van der Waals surface area contributed by atoms with Gasteiger partial charge in [-0.2, -0.15) is 0 Å². The Balaban J connectivity index is 0.829. The summed E-state index contributed by atoms with van der Waals surface area (Å²) in [5.74, 6) is 1.63. The molecule has 0 bridgehead atoms. The summed E-state index contributed by atoms with van der Waals surface area (Å²) in [6.07, 6.45) is 0. The zero-order valence-electron chi connectivity index (χ0n) is 56.6. The summed E-state index contributed by atoms with van der Waals surface area (Å²) in [5.41, 5.74) is 23.4. The van der Waals surface area contributed by atoms with Gasteiger partial charge in [-0.15, -0.1) is 0 Å². The molecule has 2 heterocycles. The first-order valence-electron chi connectivity index (χ1n) is 36.1. The molecule has 0 saturated carbocycles. The summed E-state index contributed by atoms with van der Waals surface area (Å²) in [6, 6.07) is 138. The highest BCUT2D eigenvalue weighted by Gasteiger charge is 2.44. The van der Waals surface area contributed by atoms with E-state index in [0.29, 0.717) is 0 Å². The Labute approximate surface area is 602 Å². The van der Waals surface area contributed by atoms with Crippen molar-refractivity contribution in [3.8, 4) is 78.3 Å². The molecule has 4 heteroatoms. The highest BCUT2D eigenvalue weighted by Crippen LogP contribution is 2.53. The van der Waals surface area contributed by atoms with Crippen molar-refractivity contribution in [3.05, 3.63) is 370 Å². The molecule has 0 fully saturated rings. The summed E-state index contributed by atoms with van der Waals surface area (Å²) in [7, 11) is 0. The Morgan fingerprint density at radius 3 is 1.10 bits per heavy atom. The average molecular weight is 1320 g/mol. The predicted molar refractivity (Wildman–Crippen MR) is 442 cm³/mol. The van der Waals surface area contributed by atoms with Gasteiger partial charge in [0, 0.05) is 39.9 Å². The minimum atomic E-state index is -0.300. The van der Waals surface area contributed by atoms with Gasteiger partial charge in [-0.05, 0) is 201 Å². The molecule has 104 heavy (non-hydrogen) atoms. The van der Waals surface area contributed by atoms with Crippen molar-refractivity contribution in [2.45, 2.75) is 0 Å². The number of para-hydroxylation sites is 1. The highest BCUT2D eigenvalue weighted by atomic mass is 16.5. The summed E-state index contributed by atoms with van der Waals surface area (Å²) in [4.78, 5) is 5.03. The zero-order chi connectivity index (χ0) is 68.1. The number of benzene rings is 20. The number of nitrogens with zero attached hydrogens (tertiary/aromatic N) is 2. The van der Waals surface area contributed by atoms with Crippen LogP contribution in [0.15, 0.2) is 370 Å². The lowest BCUT2D eigenvalue weighted by Crippen LogP contribution is -2.59. The molecule has 0 unspecified atom stereocenters. The lowest BCUT2D eigenvalue weighted by Gasteiger charge is -2.42. The normalized spacial score (nSPS) is 12.5. The van der Waals surface area contributed by atoms with Crippen LogP contribution >= 0.6 is 0 Å². The van der Waals surface area contributed by atoms with Crippen LogP contribution in [0, 0.1) is 0 Å². The van der Waals surface area contributed by atoms with Gasteiger partial charge in [-0.1, -0.05) is 322 Å². The van der Waals surface area contributed by atoms with Crippen molar-refractivity contribution in [3.63, 3.8) is 0 Å². The third kappa shape index (κ3) is 8.85. The van der Waals surface area contributed by atoms with Crippen molar-refractivity contribution in [2.75, 3.05) is 9.80 Å². The number of hydrogen-bond acceptors (Lipinski definition) is 3. The molecule has 0 spiro atoms. The maximum atomic E-state index is 7.80. The van der Waals surface area contributed by atoms with Crippen LogP contribution in [0.2, 0.25) is 0 Å². The standard InChI is InChI=1S/C100H61BN2O/c1-5-20-62(21-6-1)64-42-48-72(49-43-64)102(73-50-44-65(45-51-73)63-22-7-2-8-23-63)74-60-92-99-94(61-74)104-93-57-47-71(76-53-55-88-84-37-16-31-69-29-14-35-82(96(69)84)86-41-19-39-80(76)98(86)88)59-90(93)101(99)89-58-70(75-52-54-87-83-36-15-30-68-28-13-34-81(95(68)83)85-40-18-38-79(75)97(85)87)46-56-91(89)103(92)100-77(66-24-9-3-10-25-66)32-17-33-78(100)67-26-11-4-12-27-67/h1-61H. The number of hydrogen-bond donors (Lipinski definition) is 0. The summed E-state index contributed by atoms with van der Waals surface area (Å²) < 4.78 is 7.80. The van der Waals surface area contributed by atoms with Crippen LogP contribution in [0.25, 0.3) is 153 Å². The molecule has 20 aromatic carbocycles. The lowest BCUT2D eigenvalue weighted by molar-refractivity contribution is 0.487. The number of anilines is 6. The molecule has 2 aliphatic rings. The third-order valence-electron chi connectivity index (χ3n) is 22.6. The molecule has 22 rings (SSSR count). The Bertz CT molecular complexity index is 6620. The summed E-state index contributed by atoms with van der Waals surface area (Å²) in [6.45, 7) is -0.300. The average Bonchev–Trinajstić information content (AvgIpc) is 0.707. The van der Waals surface area contributed by atoms with Crippen molar-refractivity contribution in [1.29, 1.82) is 0 Å². The van der Waals surface area contributed by atoms with E-state index < -0.39 is 0 Å². The van der Waals surface area contributed by atoms with E-state index in [2.05, 4.69) is 380 Å². The Morgan fingerprint density at radius 1 is 0.231 bits per heavy atom. The smallest absolute Gasteiger partial charge is 0.256 e. The summed E-state index contributed by atoms with van der Waals surface area (Å²) >= 11 is 0. The van der Waals surface area contributed by atoms with Crippen molar-refractivity contribution in [2.24, 2.45) is 0 Å². The molecular formula is C100H61BN2O. The van der Waals surface area contributed by atoms with E-state index in [0.717, 1.165) is 101 Å². The van der Waals surface area contributed by atoms with Gasteiger partial charge in [-0.3, -0.25) is 0 Å². The zero-order valence-corrected chi connectivity index (χ0v) is 56.6. The van der Waals surface area contributed by atoms with Crippen LogP contribution in [0.3, 0.4) is 0 Å². The van der Waals surface area contributed by atoms with Gasteiger partial charge >= 0.3 is 0 Å². The van der Waals surface area contributed by atoms with Gasteiger partial charge in [0.1, 0.15) is 11.5 Å². The second-order valence-corrected chi connectivity index (χ2v) is 28.1. The molecule has 3 nitrogen and oxygen atoms in total. The van der Waals surface area contributed by atoms with E-state index in [1.54, 1.807) is 0 Å². The van der Waals surface area contributed by atoms with Crippen molar-refractivity contribution < 1.29 is 4.74 Å². The van der Waals surface area contributed by atoms with Crippen LogP contribution in [0.1, 0.15) is 0 Å². The van der Waals surface area contributed by atoms with E-state index in [1.807, 2.05) is 0 Å². The fourth-order valence-electron chi connectivity index (χ4n) is 18.0. The highest BCUT2D eigenvalue weighted by molar-refractivity contribution is 6.99. The minimum absolute atomic E-state index is 0.300. The fraction of sp³-hybridized carbons (Fsp3) is 0. The van der Waals surface area contributed by atoms with E-state index in [9.17, 15) is 0 Å². The van der Waals surface area contributed by atoms with Crippen molar-refractivity contribution >= 4 is 143 Å². The van der Waals surface area contributed by atoms with Gasteiger partial charge in [-0.25, -0.2) is 0 Å². The maximum Gasteiger partial charge on any atom is 0.256 e. The SMILES string of the molecule is c1ccc(-c2ccc(N(c3ccc(-c4ccccc4)cc3)c3cc4c5c(c3)N(c3c(-c6ccccc6)cccc3-c3ccccc3)c3ccc(-c6ccc7c8cccc9cccc(c%10cccc6c%107)c98)cc3B5c3cc(-c5ccc6c7cccc8cccc(c9cccc5c96)c87)ccc3O4)cc2)cc1. The molecule has 0 saturated heterocycles. The monoisotopic (exact) mass is 1320 g/mol. The summed E-state index contributed by atoms with van der Waals surface area (Å²) in [5, 5.41) is 20.4. The van der Waals surface area contributed by atoms with Crippen LogP contribution < -0.4 is 30.9 Å². The lowest BCUT2D eigenvalue weighted by atomic mass is 9.34. The maximum absolute atomic E-state index is 7.80. The largest absolute Gasteiger partial charge is 0.458 e. The van der Waals surface area contributed by atoms with E-state index >= 15 is 0 Å². The first-order valence-corrected chi connectivity index (χ1v) is 36.1. The first kappa shape index (κ1) is 58.3. The second-order valence-electron chi connectivity index (χ2n) is 28.1. The quantitative estimate of drug-likeness (QED) is 0.0771. The second kappa shape index (κ2) is 23.0. The van der Waals surface area contributed by atoms with E-state index in [-0.39, 0.29) is 6.71 Å². The predicted octanol–water partition coefficient (Wildman–Crippen LogP) is 25.7. The van der Waals surface area contributed by atoms with Gasteiger partial charge in [0.25, 0.3) is 6.71 Å². The molecule has 0 radical (unpaired) electrons. The molecule has 0 N–H and O–H groups in total. The van der Waals surface area contributed by atoms with Gasteiger partial charge in [0.2, 0.25) is 0 Å². The number of fused-ring (bicyclic) bond motifs is 8. The molecule has 0 atom stereocenters. The van der Waals surface area contributed by atoms with Gasteiger partial charge in [0.15, 0.2) is 0 Å². The van der Waals surface area contributed by atoms with Crippen LogP contribution in [0.4, 0.5) is 34.1 Å². The molecule has 0 aromatic heterocycles. The Kier molecular flexibility index (Phi) is 12.9. The van der Waals surface area contributed by atoms with Gasteiger partial charge < -0.3 is 14.5 Å². The Morgan fingerprint density at radius 2 is 0.615 bits per heavy atom. The molecule has 2 aliphatic heterocycles. The van der Waals surface area contributed by atoms with E-state index in [1.165, 1.54) is 114 Å². The van der Waals surface area contributed by atoms with Crippen LogP contribution in [-0.4, -0.2) is 6.71 Å². The Hall–Kier alpha value is -13.5. The number of ether oxygens (including phenoxy) is 1. The molecule has 480 valence electrons. The molecular weight excluding hydrogens is 1260 g/mol. The van der Waals surface area contributed by atoms with E-state index in [4.69, 9.17) is 4.74 Å². The molecule has 0 aliphatic carbocycles. The third-order valence-corrected chi connectivity index (χ3v) is 22.6. The molecule has 20 aromatic rings. The van der Waals surface area contributed by atoms with Crippen LogP contribution in [0.5, 0.6) is 11.5 Å². The molecule has 0 amide bonds. The van der Waals surface area contributed by atoms with Crippen LogP contribution in [-0.2, 0) is 0 Å². The van der Waals surface area contributed by atoms with Gasteiger partial charge in [0.05, 0.1) is 11.4 Å². The van der Waals surface area contributed by atoms with Crippen molar-refractivity contribution in [1.82, 2.24) is 0 Å². The fourth-order valence-corrected chi connectivity index (χ4v) is 18.0. The number of rotatable bonds is 10.